The van der Waals surface area contributed by atoms with Crippen molar-refractivity contribution in [1.82, 2.24) is 4.90 Å². The van der Waals surface area contributed by atoms with E-state index in [-0.39, 0.29) is 17.2 Å². The van der Waals surface area contributed by atoms with Crippen molar-refractivity contribution < 1.29 is 9.72 Å². The number of benzene rings is 2. The molecule has 2 aromatic rings. The van der Waals surface area contributed by atoms with Crippen LogP contribution in [0.4, 0.5) is 5.69 Å². The molecule has 0 aliphatic heterocycles. The van der Waals surface area contributed by atoms with Gasteiger partial charge in [0.2, 0.25) is 0 Å². The topological polar surface area (TPSA) is 63.5 Å². The maximum absolute atomic E-state index is 12.6. The summed E-state index contributed by atoms with van der Waals surface area (Å²) in [5, 5.41) is 11.3. The van der Waals surface area contributed by atoms with E-state index >= 15 is 0 Å². The van der Waals surface area contributed by atoms with Crippen LogP contribution in [0.1, 0.15) is 46.8 Å². The van der Waals surface area contributed by atoms with Gasteiger partial charge in [0.25, 0.3) is 11.6 Å². The Bertz CT molecular complexity index is 752. The summed E-state index contributed by atoms with van der Waals surface area (Å²) in [7, 11) is 1.66. The van der Waals surface area contributed by atoms with Crippen LogP contribution in [0.25, 0.3) is 0 Å². The Morgan fingerprint density at radius 1 is 1.17 bits per heavy atom. The highest BCUT2D eigenvalue weighted by Gasteiger charge is 2.24. The van der Waals surface area contributed by atoms with Crippen molar-refractivity contribution >= 4 is 11.6 Å². The Labute approximate surface area is 142 Å². The molecule has 0 unspecified atom stereocenters. The van der Waals surface area contributed by atoms with E-state index in [0.717, 1.165) is 5.56 Å². The minimum absolute atomic E-state index is 0.121. The molecule has 2 aromatic carbocycles. The minimum atomic E-state index is -0.492. The van der Waals surface area contributed by atoms with Crippen molar-refractivity contribution in [2.24, 2.45) is 0 Å². The fourth-order valence-corrected chi connectivity index (χ4v) is 2.63. The lowest BCUT2D eigenvalue weighted by Crippen LogP contribution is -2.27. The number of amides is 1. The normalized spacial score (nSPS) is 10.7. The van der Waals surface area contributed by atoms with Crippen LogP contribution in [0, 0.1) is 17.0 Å². The molecule has 0 fully saturated rings. The van der Waals surface area contributed by atoms with E-state index in [9.17, 15) is 14.9 Å². The van der Waals surface area contributed by atoms with Crippen LogP contribution in [0.3, 0.4) is 0 Å². The average Bonchev–Trinajstić information content (AvgIpc) is 2.53. The van der Waals surface area contributed by atoms with Crippen molar-refractivity contribution in [1.29, 1.82) is 0 Å². The molecule has 24 heavy (non-hydrogen) atoms. The van der Waals surface area contributed by atoms with Gasteiger partial charge in [-0.25, -0.2) is 0 Å². The van der Waals surface area contributed by atoms with Crippen molar-refractivity contribution in [3.8, 4) is 0 Å². The molecule has 5 heteroatoms. The summed E-state index contributed by atoms with van der Waals surface area (Å²) in [5.41, 5.74) is 2.72. The number of carbonyl (C=O) groups is 1. The van der Waals surface area contributed by atoms with E-state index < -0.39 is 4.92 Å². The molecule has 0 spiro atoms. The summed E-state index contributed by atoms with van der Waals surface area (Å²) >= 11 is 0. The van der Waals surface area contributed by atoms with Crippen LogP contribution in [0.15, 0.2) is 42.5 Å². The van der Waals surface area contributed by atoms with Gasteiger partial charge in [-0.05, 0) is 30.0 Å². The van der Waals surface area contributed by atoms with Gasteiger partial charge in [-0.15, -0.1) is 0 Å². The minimum Gasteiger partial charge on any atom is -0.337 e. The third-order valence-electron chi connectivity index (χ3n) is 4.06. The first-order valence-corrected chi connectivity index (χ1v) is 7.89. The molecule has 0 saturated heterocycles. The summed E-state index contributed by atoms with van der Waals surface area (Å²) < 4.78 is 0. The maximum Gasteiger partial charge on any atom is 0.285 e. The van der Waals surface area contributed by atoms with Gasteiger partial charge in [0, 0.05) is 19.2 Å². The zero-order valence-electron chi connectivity index (χ0n) is 14.4. The highest BCUT2D eigenvalue weighted by atomic mass is 16.6. The fourth-order valence-electron chi connectivity index (χ4n) is 2.63. The van der Waals surface area contributed by atoms with Gasteiger partial charge < -0.3 is 4.90 Å². The molecule has 0 N–H and O–H groups in total. The number of hydrogen-bond acceptors (Lipinski definition) is 3. The first-order chi connectivity index (χ1) is 11.3. The molecular weight excluding hydrogens is 304 g/mol. The molecule has 0 heterocycles. The quantitative estimate of drug-likeness (QED) is 0.608. The molecule has 0 atom stereocenters. The highest BCUT2D eigenvalue weighted by Crippen LogP contribution is 2.24. The van der Waals surface area contributed by atoms with Gasteiger partial charge in [-0.2, -0.15) is 0 Å². The number of nitro benzene ring substituents is 1. The van der Waals surface area contributed by atoms with Crippen LogP contribution in [0.2, 0.25) is 0 Å². The van der Waals surface area contributed by atoms with E-state index in [1.54, 1.807) is 26.1 Å². The summed E-state index contributed by atoms with van der Waals surface area (Å²) in [5.74, 6) is 0.103. The van der Waals surface area contributed by atoms with Crippen LogP contribution in [-0.2, 0) is 6.54 Å². The van der Waals surface area contributed by atoms with Gasteiger partial charge >= 0.3 is 0 Å². The lowest BCUT2D eigenvalue weighted by Gasteiger charge is -2.18. The van der Waals surface area contributed by atoms with Crippen LogP contribution < -0.4 is 0 Å². The SMILES string of the molecule is Cc1cccc(C(=O)N(C)Cc2ccc(C(C)C)cc2)c1[N+](=O)[O-]. The molecular formula is C19H22N2O3. The Morgan fingerprint density at radius 2 is 1.79 bits per heavy atom. The number of para-hydroxylation sites is 1. The maximum atomic E-state index is 12.6. The highest BCUT2D eigenvalue weighted by molar-refractivity contribution is 5.98. The smallest absolute Gasteiger partial charge is 0.285 e. The summed E-state index contributed by atoms with van der Waals surface area (Å²) in [4.78, 5) is 24.9. The second-order valence-electron chi connectivity index (χ2n) is 6.29. The number of aryl methyl sites for hydroxylation is 1. The van der Waals surface area contributed by atoms with E-state index in [1.165, 1.54) is 16.5 Å². The second-order valence-corrected chi connectivity index (χ2v) is 6.29. The molecule has 0 saturated carbocycles. The fraction of sp³-hybridized carbons (Fsp3) is 0.316. The summed E-state index contributed by atoms with van der Waals surface area (Å²) in [6, 6.07) is 12.9. The molecule has 0 aliphatic carbocycles. The monoisotopic (exact) mass is 326 g/mol. The predicted octanol–water partition coefficient (Wildman–Crippen LogP) is 4.30. The number of hydrogen-bond donors (Lipinski definition) is 0. The Hall–Kier alpha value is -2.69. The van der Waals surface area contributed by atoms with Crippen molar-refractivity contribution in [2.45, 2.75) is 33.2 Å². The number of carbonyl (C=O) groups excluding carboxylic acids is 1. The summed E-state index contributed by atoms with van der Waals surface area (Å²) in [6.45, 7) is 6.30. The molecule has 126 valence electrons. The van der Waals surface area contributed by atoms with E-state index in [0.29, 0.717) is 18.0 Å². The third kappa shape index (κ3) is 3.79. The lowest BCUT2D eigenvalue weighted by atomic mass is 10.0. The van der Waals surface area contributed by atoms with Crippen LogP contribution >= 0.6 is 0 Å². The molecule has 0 radical (unpaired) electrons. The molecule has 2 rings (SSSR count). The second kappa shape index (κ2) is 7.25. The number of nitrogens with zero attached hydrogens (tertiary/aromatic N) is 2. The van der Waals surface area contributed by atoms with Gasteiger partial charge in [-0.3, -0.25) is 14.9 Å². The van der Waals surface area contributed by atoms with Crippen LogP contribution in [0.5, 0.6) is 0 Å². The molecule has 0 aromatic heterocycles. The molecule has 0 aliphatic rings. The first kappa shape index (κ1) is 17.7. The molecule has 1 amide bonds. The lowest BCUT2D eigenvalue weighted by molar-refractivity contribution is -0.385. The van der Waals surface area contributed by atoms with E-state index in [4.69, 9.17) is 0 Å². The Kier molecular flexibility index (Phi) is 5.34. The van der Waals surface area contributed by atoms with Crippen molar-refractivity contribution in [3.63, 3.8) is 0 Å². The van der Waals surface area contributed by atoms with E-state index in [1.807, 2.05) is 24.3 Å². The van der Waals surface area contributed by atoms with Crippen molar-refractivity contribution in [3.05, 3.63) is 74.8 Å². The largest absolute Gasteiger partial charge is 0.337 e. The van der Waals surface area contributed by atoms with Gasteiger partial charge in [-0.1, -0.05) is 50.2 Å². The predicted molar refractivity (Wildman–Crippen MR) is 94.2 cm³/mol. The summed E-state index contributed by atoms with van der Waals surface area (Å²) in [6.07, 6.45) is 0. The Balaban J connectivity index is 2.21. The number of nitro groups is 1. The third-order valence-corrected chi connectivity index (χ3v) is 4.06. The van der Waals surface area contributed by atoms with Crippen molar-refractivity contribution in [2.75, 3.05) is 7.05 Å². The van der Waals surface area contributed by atoms with Gasteiger partial charge in [0.15, 0.2) is 0 Å². The van der Waals surface area contributed by atoms with E-state index in [2.05, 4.69) is 13.8 Å². The van der Waals surface area contributed by atoms with Crippen LogP contribution in [-0.4, -0.2) is 22.8 Å². The molecule has 5 nitrogen and oxygen atoms in total. The zero-order valence-corrected chi connectivity index (χ0v) is 14.4. The zero-order chi connectivity index (χ0) is 17.9. The Morgan fingerprint density at radius 3 is 2.33 bits per heavy atom. The first-order valence-electron chi connectivity index (χ1n) is 7.89. The van der Waals surface area contributed by atoms with Gasteiger partial charge in [0.05, 0.1) is 4.92 Å². The average molecular weight is 326 g/mol. The number of rotatable bonds is 5. The molecule has 0 bridgehead atoms. The van der Waals surface area contributed by atoms with Gasteiger partial charge in [0.1, 0.15) is 5.56 Å². The standard InChI is InChI=1S/C19H22N2O3/c1-13(2)16-10-8-15(9-11-16)12-20(4)19(22)17-7-5-6-14(3)18(17)21(23)24/h5-11,13H,12H2,1-4H3.